The number of methoxy groups -OCH3 is 1. The van der Waals surface area contributed by atoms with Gasteiger partial charge < -0.3 is 15.4 Å². The molecule has 0 spiro atoms. The highest BCUT2D eigenvalue weighted by Crippen LogP contribution is 2.23. The molecule has 0 aromatic heterocycles. The van der Waals surface area contributed by atoms with Gasteiger partial charge in [0.1, 0.15) is 0 Å². The molecule has 0 heterocycles. The first-order chi connectivity index (χ1) is 10.5. The molecule has 120 valence electrons. The van der Waals surface area contributed by atoms with Crippen molar-refractivity contribution in [3.05, 3.63) is 28.8 Å². The lowest BCUT2D eigenvalue weighted by molar-refractivity contribution is -0.136. The number of ether oxygens (including phenoxy) is 1. The van der Waals surface area contributed by atoms with Crippen LogP contribution in [0, 0.1) is 0 Å². The third kappa shape index (κ3) is 5.37. The summed E-state index contributed by atoms with van der Waals surface area (Å²) < 4.78 is 4.59. The van der Waals surface area contributed by atoms with Gasteiger partial charge in [-0.25, -0.2) is 4.79 Å². The molecule has 1 rings (SSSR count). The standard InChI is InChI=1S/C15H19ClN2O4/c1-3-4-5-8-17-13(19)14(20)18-12-9-10(15(21)22-2)6-7-11(12)16/h6-7,9H,3-5,8H2,1-2H3,(H,17,19)(H,18,20). The van der Waals surface area contributed by atoms with Gasteiger partial charge in [-0.15, -0.1) is 0 Å². The molecule has 0 saturated heterocycles. The van der Waals surface area contributed by atoms with Crippen molar-refractivity contribution in [1.29, 1.82) is 0 Å². The molecule has 0 bridgehead atoms. The van der Waals surface area contributed by atoms with Gasteiger partial charge >= 0.3 is 17.8 Å². The van der Waals surface area contributed by atoms with E-state index in [-0.39, 0.29) is 16.3 Å². The molecule has 2 N–H and O–H groups in total. The minimum atomic E-state index is -0.833. The number of anilines is 1. The third-order valence-electron chi connectivity index (χ3n) is 2.91. The minimum Gasteiger partial charge on any atom is -0.465 e. The fraction of sp³-hybridized carbons (Fsp3) is 0.400. The van der Waals surface area contributed by atoms with Crippen LogP contribution in [0.5, 0.6) is 0 Å². The SMILES string of the molecule is CCCCCNC(=O)C(=O)Nc1cc(C(=O)OC)ccc1Cl. The van der Waals surface area contributed by atoms with Crippen LogP contribution >= 0.6 is 11.6 Å². The third-order valence-corrected chi connectivity index (χ3v) is 3.24. The van der Waals surface area contributed by atoms with Gasteiger partial charge in [0.25, 0.3) is 0 Å². The quantitative estimate of drug-likeness (QED) is 0.477. The Balaban J connectivity index is 2.67. The lowest BCUT2D eigenvalue weighted by atomic mass is 10.2. The number of nitrogens with one attached hydrogen (secondary N) is 2. The minimum absolute atomic E-state index is 0.179. The molecule has 0 saturated carbocycles. The Morgan fingerprint density at radius 1 is 1.18 bits per heavy atom. The molecule has 1 aromatic rings. The van der Waals surface area contributed by atoms with Crippen LogP contribution in [0.15, 0.2) is 18.2 Å². The maximum atomic E-state index is 11.8. The van der Waals surface area contributed by atoms with Crippen molar-refractivity contribution in [2.75, 3.05) is 19.0 Å². The maximum Gasteiger partial charge on any atom is 0.337 e. The summed E-state index contributed by atoms with van der Waals surface area (Å²) in [5, 5.41) is 5.12. The number of hydrogen-bond acceptors (Lipinski definition) is 4. The number of benzene rings is 1. The normalized spacial score (nSPS) is 9.95. The topological polar surface area (TPSA) is 84.5 Å². The Hall–Kier alpha value is -2.08. The summed E-state index contributed by atoms with van der Waals surface area (Å²) in [5.41, 5.74) is 0.406. The van der Waals surface area contributed by atoms with E-state index in [0.29, 0.717) is 6.54 Å². The molecule has 1 aromatic carbocycles. The molecule has 0 unspecified atom stereocenters. The molecule has 0 atom stereocenters. The molecule has 0 fully saturated rings. The van der Waals surface area contributed by atoms with Crippen LogP contribution in [-0.4, -0.2) is 31.4 Å². The first-order valence-electron chi connectivity index (χ1n) is 6.96. The van der Waals surface area contributed by atoms with Crippen LogP contribution in [0.1, 0.15) is 36.5 Å². The molecule has 0 aliphatic rings. The molecule has 7 heteroatoms. The predicted octanol–water partition coefficient (Wildman–Crippen LogP) is 2.37. The molecular formula is C15H19ClN2O4. The second kappa shape index (κ2) is 9.04. The van der Waals surface area contributed by atoms with E-state index >= 15 is 0 Å². The molecule has 0 aliphatic carbocycles. The van der Waals surface area contributed by atoms with Gasteiger partial charge in [-0.3, -0.25) is 9.59 Å². The van der Waals surface area contributed by atoms with Crippen LogP contribution in [-0.2, 0) is 14.3 Å². The smallest absolute Gasteiger partial charge is 0.337 e. The van der Waals surface area contributed by atoms with Gasteiger partial charge in [0.15, 0.2) is 0 Å². The van der Waals surface area contributed by atoms with Crippen molar-refractivity contribution in [3.63, 3.8) is 0 Å². The number of hydrogen-bond donors (Lipinski definition) is 2. The Morgan fingerprint density at radius 3 is 2.55 bits per heavy atom. The van der Waals surface area contributed by atoms with E-state index in [1.807, 2.05) is 6.92 Å². The van der Waals surface area contributed by atoms with Crippen molar-refractivity contribution in [2.24, 2.45) is 0 Å². The molecule has 6 nitrogen and oxygen atoms in total. The van der Waals surface area contributed by atoms with Gasteiger partial charge in [0, 0.05) is 6.54 Å². The van der Waals surface area contributed by atoms with Gasteiger partial charge in [-0.05, 0) is 24.6 Å². The van der Waals surface area contributed by atoms with E-state index < -0.39 is 17.8 Å². The Kier molecular flexibility index (Phi) is 7.39. The van der Waals surface area contributed by atoms with E-state index in [9.17, 15) is 14.4 Å². The number of amides is 2. The summed E-state index contributed by atoms with van der Waals surface area (Å²) in [5.74, 6) is -2.13. The Bertz CT molecular complexity index is 560. The van der Waals surface area contributed by atoms with Crippen LogP contribution in [0.3, 0.4) is 0 Å². The Labute approximate surface area is 134 Å². The second-order valence-corrected chi connectivity index (χ2v) is 5.01. The van der Waals surface area contributed by atoms with E-state index in [1.54, 1.807) is 0 Å². The number of carbonyl (C=O) groups excluding carboxylic acids is 3. The summed E-state index contributed by atoms with van der Waals surface area (Å²) in [6, 6.07) is 4.27. The number of halogens is 1. The van der Waals surface area contributed by atoms with Gasteiger partial charge in [0.05, 0.1) is 23.4 Å². The van der Waals surface area contributed by atoms with E-state index in [2.05, 4.69) is 15.4 Å². The van der Waals surface area contributed by atoms with Crippen LogP contribution in [0.2, 0.25) is 5.02 Å². The zero-order chi connectivity index (χ0) is 16.5. The predicted molar refractivity (Wildman–Crippen MR) is 84.0 cm³/mol. The van der Waals surface area contributed by atoms with Gasteiger partial charge in [-0.2, -0.15) is 0 Å². The first-order valence-corrected chi connectivity index (χ1v) is 7.34. The van der Waals surface area contributed by atoms with E-state index in [4.69, 9.17) is 11.6 Å². The summed E-state index contributed by atoms with van der Waals surface area (Å²) in [6.07, 6.45) is 2.82. The van der Waals surface area contributed by atoms with Crippen molar-refractivity contribution >= 4 is 35.1 Å². The van der Waals surface area contributed by atoms with Gasteiger partial charge in [-0.1, -0.05) is 31.4 Å². The largest absolute Gasteiger partial charge is 0.465 e. The highest BCUT2D eigenvalue weighted by Gasteiger charge is 2.16. The summed E-state index contributed by atoms with van der Waals surface area (Å²) in [6.45, 7) is 2.49. The zero-order valence-corrected chi connectivity index (χ0v) is 13.3. The van der Waals surface area contributed by atoms with E-state index in [0.717, 1.165) is 19.3 Å². The molecular weight excluding hydrogens is 308 g/mol. The van der Waals surface area contributed by atoms with Crippen molar-refractivity contribution in [3.8, 4) is 0 Å². The zero-order valence-electron chi connectivity index (χ0n) is 12.6. The first kappa shape index (κ1) is 18.0. The fourth-order valence-electron chi connectivity index (χ4n) is 1.70. The monoisotopic (exact) mass is 326 g/mol. The Morgan fingerprint density at radius 2 is 1.91 bits per heavy atom. The highest BCUT2D eigenvalue weighted by atomic mass is 35.5. The average molecular weight is 327 g/mol. The van der Waals surface area contributed by atoms with Crippen molar-refractivity contribution < 1.29 is 19.1 Å². The highest BCUT2D eigenvalue weighted by molar-refractivity contribution is 6.41. The average Bonchev–Trinajstić information content (AvgIpc) is 2.52. The van der Waals surface area contributed by atoms with Gasteiger partial charge in [0.2, 0.25) is 0 Å². The molecule has 2 amide bonds. The fourth-order valence-corrected chi connectivity index (χ4v) is 1.87. The van der Waals surface area contributed by atoms with Crippen LogP contribution in [0.25, 0.3) is 0 Å². The maximum absolute atomic E-state index is 11.8. The van der Waals surface area contributed by atoms with Crippen molar-refractivity contribution in [2.45, 2.75) is 26.2 Å². The summed E-state index contributed by atoms with van der Waals surface area (Å²) >= 11 is 5.94. The van der Waals surface area contributed by atoms with Crippen LogP contribution < -0.4 is 10.6 Å². The number of unbranched alkanes of at least 4 members (excludes halogenated alkanes) is 2. The van der Waals surface area contributed by atoms with Crippen LogP contribution in [0.4, 0.5) is 5.69 Å². The molecule has 22 heavy (non-hydrogen) atoms. The lowest BCUT2D eigenvalue weighted by Gasteiger charge is -2.09. The van der Waals surface area contributed by atoms with Crippen molar-refractivity contribution in [1.82, 2.24) is 5.32 Å². The number of rotatable bonds is 6. The number of esters is 1. The lowest BCUT2D eigenvalue weighted by Crippen LogP contribution is -2.36. The summed E-state index contributed by atoms with van der Waals surface area (Å²) in [7, 11) is 1.25. The van der Waals surface area contributed by atoms with E-state index in [1.165, 1.54) is 25.3 Å². The molecule has 0 radical (unpaired) electrons. The number of carbonyl (C=O) groups is 3. The second-order valence-electron chi connectivity index (χ2n) is 4.60. The summed E-state index contributed by atoms with van der Waals surface area (Å²) in [4.78, 5) is 34.9. The molecule has 0 aliphatic heterocycles.